The molecule has 1 unspecified atom stereocenters. The molecule has 18 heteroatoms. The predicted molar refractivity (Wildman–Crippen MR) is 240 cm³/mol. The minimum atomic E-state index is -3.49. The fourth-order valence-electron chi connectivity index (χ4n) is 7.89. The van der Waals surface area contributed by atoms with Crippen LogP contribution in [0.5, 0.6) is 0 Å². The molecule has 1 atom stereocenters. The van der Waals surface area contributed by atoms with Crippen LogP contribution in [0.25, 0.3) is 33.3 Å². The number of carbonyl (C=O) groups excluding carboxylic acids is 3. The molecule has 0 bridgehead atoms. The Morgan fingerprint density at radius 1 is 0.875 bits per heavy atom. The second-order valence-corrected chi connectivity index (χ2v) is 17.7. The van der Waals surface area contributed by atoms with Gasteiger partial charge in [-0.2, -0.15) is 5.10 Å². The van der Waals surface area contributed by atoms with E-state index in [0.717, 1.165) is 60.1 Å². The third-order valence-corrected chi connectivity index (χ3v) is 12.3. The number of hydrogen-bond acceptors (Lipinski definition) is 13. The van der Waals surface area contributed by atoms with Crippen molar-refractivity contribution in [1.29, 1.82) is 0 Å². The van der Waals surface area contributed by atoms with Crippen LogP contribution in [0.4, 0.5) is 0 Å². The molecule has 1 aliphatic heterocycles. The summed E-state index contributed by atoms with van der Waals surface area (Å²) in [5, 5.41) is 17.1. The first kappa shape index (κ1) is 45.8. The van der Waals surface area contributed by atoms with Crippen molar-refractivity contribution in [1.82, 2.24) is 45.2 Å². The lowest BCUT2D eigenvalue weighted by atomic mass is 10.0. The summed E-state index contributed by atoms with van der Waals surface area (Å²) < 4.78 is 39.2. The highest BCUT2D eigenvalue weighted by molar-refractivity contribution is 7.90. The van der Waals surface area contributed by atoms with Crippen LogP contribution in [-0.2, 0) is 61.8 Å². The summed E-state index contributed by atoms with van der Waals surface area (Å²) in [4.78, 5) is 59.8. The summed E-state index contributed by atoms with van der Waals surface area (Å²) in [6.07, 6.45) is 7.07. The van der Waals surface area contributed by atoms with Crippen LogP contribution >= 0.6 is 0 Å². The molecule has 0 radical (unpaired) electrons. The number of hydrogen-bond donors (Lipinski definition) is 3. The number of pyridine rings is 2. The molecule has 4 aromatic heterocycles. The highest BCUT2D eigenvalue weighted by atomic mass is 32.2. The number of aryl methyl sites for hydroxylation is 4. The topological polar surface area (TPSA) is 218 Å². The van der Waals surface area contributed by atoms with Crippen LogP contribution in [0.3, 0.4) is 0 Å². The first-order chi connectivity index (χ1) is 30.9. The number of carbonyl (C=O) groups is 3. The molecule has 1 saturated heterocycles. The van der Waals surface area contributed by atoms with Gasteiger partial charge in [-0.3, -0.25) is 33.8 Å². The SMILES string of the molecule is CCc1ccc(C(=O)NCc2cc3nc(-c4ccnc(CCCNCCOCCOCCCc5cccc6c5n(C)c(=O)n6C5CCC(=O)NC5=O)c4)ccc3nn2)cc1S(C)(=O)=O. The largest absolute Gasteiger partial charge is 0.379 e. The molecule has 336 valence electrons. The van der Waals surface area contributed by atoms with E-state index in [1.165, 1.54) is 10.6 Å². The fraction of sp³-hybridized carbons (Fsp3) is 0.391. The second kappa shape index (κ2) is 21.0. The minimum absolute atomic E-state index is 0.0895. The molecule has 6 aromatic rings. The number of nitrogens with one attached hydrogen (secondary N) is 3. The van der Waals surface area contributed by atoms with Gasteiger partial charge in [0.05, 0.1) is 59.2 Å². The van der Waals surface area contributed by atoms with E-state index in [4.69, 9.17) is 14.5 Å². The highest BCUT2D eigenvalue weighted by Gasteiger charge is 2.31. The van der Waals surface area contributed by atoms with Crippen molar-refractivity contribution in [3.05, 3.63) is 111 Å². The molecular formula is C46H53N9O8S. The average Bonchev–Trinajstić information content (AvgIpc) is 3.54. The van der Waals surface area contributed by atoms with E-state index in [0.29, 0.717) is 80.0 Å². The van der Waals surface area contributed by atoms with E-state index < -0.39 is 27.7 Å². The fourth-order valence-corrected chi connectivity index (χ4v) is 8.92. The Bertz CT molecular complexity index is 2840. The number of sulfone groups is 1. The van der Waals surface area contributed by atoms with Crippen LogP contribution in [0.15, 0.2) is 82.6 Å². The number of para-hydroxylation sites is 1. The number of rotatable bonds is 21. The smallest absolute Gasteiger partial charge is 0.329 e. The van der Waals surface area contributed by atoms with Crippen molar-refractivity contribution in [2.24, 2.45) is 7.05 Å². The van der Waals surface area contributed by atoms with Gasteiger partial charge in [0.15, 0.2) is 9.84 Å². The molecule has 1 fully saturated rings. The maximum Gasteiger partial charge on any atom is 0.329 e. The molecule has 17 nitrogen and oxygen atoms in total. The first-order valence-corrected chi connectivity index (χ1v) is 23.4. The number of amides is 3. The van der Waals surface area contributed by atoms with Gasteiger partial charge in [0.2, 0.25) is 11.8 Å². The van der Waals surface area contributed by atoms with E-state index in [9.17, 15) is 27.6 Å². The Labute approximate surface area is 370 Å². The number of fused-ring (bicyclic) bond motifs is 2. The summed E-state index contributed by atoms with van der Waals surface area (Å²) in [6.45, 7) is 5.52. The number of aromatic nitrogens is 6. The molecule has 64 heavy (non-hydrogen) atoms. The molecule has 1 aliphatic rings. The zero-order valence-corrected chi connectivity index (χ0v) is 37.1. The Hall–Kier alpha value is -6.21. The molecule has 2 aromatic carbocycles. The Morgan fingerprint density at radius 3 is 2.50 bits per heavy atom. The van der Waals surface area contributed by atoms with Crippen LogP contribution in [0.1, 0.15) is 71.5 Å². The van der Waals surface area contributed by atoms with Gasteiger partial charge in [0.1, 0.15) is 11.6 Å². The van der Waals surface area contributed by atoms with E-state index in [2.05, 4.69) is 31.1 Å². The maximum absolute atomic E-state index is 13.2. The molecule has 5 heterocycles. The summed E-state index contributed by atoms with van der Waals surface area (Å²) in [5.74, 6) is -1.18. The maximum atomic E-state index is 13.2. The average molecular weight is 892 g/mol. The van der Waals surface area contributed by atoms with E-state index in [1.54, 1.807) is 36.0 Å². The number of imide groups is 1. The lowest BCUT2D eigenvalue weighted by Gasteiger charge is -2.21. The van der Waals surface area contributed by atoms with E-state index in [1.807, 2.05) is 49.4 Å². The molecule has 7 rings (SSSR count). The van der Waals surface area contributed by atoms with Crippen molar-refractivity contribution in [2.45, 2.75) is 69.4 Å². The third-order valence-electron chi connectivity index (χ3n) is 11.2. The summed E-state index contributed by atoms with van der Waals surface area (Å²) in [7, 11) is -1.78. The highest BCUT2D eigenvalue weighted by Crippen LogP contribution is 2.26. The van der Waals surface area contributed by atoms with Crippen molar-refractivity contribution in [2.75, 3.05) is 45.8 Å². The molecule has 3 N–H and O–H groups in total. The van der Waals surface area contributed by atoms with Gasteiger partial charge in [-0.1, -0.05) is 25.1 Å². The molecular weight excluding hydrogens is 839 g/mol. The second-order valence-electron chi connectivity index (χ2n) is 15.7. The number of benzene rings is 2. The third kappa shape index (κ3) is 11.1. The van der Waals surface area contributed by atoms with Crippen LogP contribution in [-0.4, -0.2) is 101 Å². The van der Waals surface area contributed by atoms with Crippen molar-refractivity contribution >= 4 is 49.6 Å². The van der Waals surface area contributed by atoms with Gasteiger partial charge < -0.3 is 20.1 Å². The zero-order chi connectivity index (χ0) is 45.2. The van der Waals surface area contributed by atoms with Gasteiger partial charge in [0.25, 0.3) is 5.91 Å². The Kier molecular flexibility index (Phi) is 15.0. The van der Waals surface area contributed by atoms with Gasteiger partial charge in [0, 0.05) is 55.9 Å². The molecule has 0 spiro atoms. The van der Waals surface area contributed by atoms with Gasteiger partial charge in [-0.25, -0.2) is 18.2 Å². The quantitative estimate of drug-likeness (QED) is 0.0693. The Morgan fingerprint density at radius 2 is 1.70 bits per heavy atom. The van der Waals surface area contributed by atoms with Crippen molar-refractivity contribution in [3.8, 4) is 11.3 Å². The lowest BCUT2D eigenvalue weighted by molar-refractivity contribution is -0.135. The predicted octanol–water partition coefficient (Wildman–Crippen LogP) is 3.80. The van der Waals surface area contributed by atoms with Gasteiger partial charge >= 0.3 is 5.69 Å². The van der Waals surface area contributed by atoms with Crippen LogP contribution < -0.4 is 21.6 Å². The number of imidazole rings is 1. The van der Waals surface area contributed by atoms with Crippen LogP contribution in [0, 0.1) is 0 Å². The lowest BCUT2D eigenvalue weighted by Crippen LogP contribution is -2.44. The first-order valence-electron chi connectivity index (χ1n) is 21.5. The minimum Gasteiger partial charge on any atom is -0.379 e. The van der Waals surface area contributed by atoms with Crippen LogP contribution in [0.2, 0.25) is 0 Å². The summed E-state index contributed by atoms with van der Waals surface area (Å²) in [6, 6.07) is 19.2. The number of nitrogens with zero attached hydrogens (tertiary/aromatic N) is 6. The molecule has 3 amide bonds. The number of ether oxygens (including phenoxy) is 2. The molecule has 0 saturated carbocycles. The van der Waals surface area contributed by atoms with Crippen molar-refractivity contribution < 1.29 is 32.3 Å². The number of piperidine rings is 1. The Balaban J connectivity index is 0.790. The van der Waals surface area contributed by atoms with Gasteiger partial charge in [-0.05, 0) is 105 Å². The molecule has 0 aliphatic carbocycles. The standard InChI is InChI=1S/C46H53N9O8S/c1-4-30-12-13-33(27-41(30)64(3,60)61)44(57)49-29-35-28-38-37(53-52-35)15-14-36(50-38)32-18-20-48-34(26-32)10-6-19-47-21-23-63-25-24-62-22-7-9-31-8-5-11-39-43(31)54(2)46(59)55(39)40-16-17-42(56)51-45(40)58/h5,8,11-15,18,20,26-28,40,47H,4,6-7,9-10,16-17,19,21-25,29H2,1-3H3,(H,49,57)(H,51,56,58). The van der Waals surface area contributed by atoms with Gasteiger partial charge in [-0.15, -0.1) is 5.10 Å². The summed E-state index contributed by atoms with van der Waals surface area (Å²) >= 11 is 0. The summed E-state index contributed by atoms with van der Waals surface area (Å²) in [5.41, 5.74) is 7.48. The van der Waals surface area contributed by atoms with Crippen molar-refractivity contribution in [3.63, 3.8) is 0 Å². The van der Waals surface area contributed by atoms with E-state index in [-0.39, 0.29) is 35.0 Å². The zero-order valence-electron chi connectivity index (χ0n) is 36.3. The van der Waals surface area contributed by atoms with E-state index >= 15 is 0 Å². The monoisotopic (exact) mass is 891 g/mol. The normalized spacial score (nSPS) is 14.3.